The van der Waals surface area contributed by atoms with Gasteiger partial charge in [0.2, 0.25) is 0 Å². The Morgan fingerprint density at radius 2 is 2.00 bits per heavy atom. The van der Waals surface area contributed by atoms with E-state index in [-0.39, 0.29) is 17.3 Å². The second-order valence-electron chi connectivity index (χ2n) is 5.37. The molecule has 138 valence electrons. The van der Waals surface area contributed by atoms with Crippen LogP contribution in [0, 0.1) is 0 Å². The van der Waals surface area contributed by atoms with Crippen LogP contribution in [-0.2, 0) is 0 Å². The molecule has 0 atom stereocenters. The highest BCUT2D eigenvalue weighted by Crippen LogP contribution is 2.56. The van der Waals surface area contributed by atoms with E-state index in [4.69, 9.17) is 15.7 Å². The second kappa shape index (κ2) is 7.20. The van der Waals surface area contributed by atoms with E-state index in [2.05, 4.69) is 9.55 Å². The average molecular weight is 380 g/mol. The number of amidine groups is 1. The topological polar surface area (TPSA) is 124 Å². The number of nitrogens with zero attached hydrogens (tertiary/aromatic N) is 3. The zero-order valence-corrected chi connectivity index (χ0v) is 14.3. The maximum absolute atomic E-state index is 12.7. The number of rotatable bonds is 5. The Balaban J connectivity index is 1.92. The number of hydrogen-bond donors (Lipinski definition) is 4. The molecular formula is C16H17FN4O4S. The molecule has 0 aromatic heterocycles. The maximum Gasteiger partial charge on any atom is 0.170 e. The van der Waals surface area contributed by atoms with Crippen molar-refractivity contribution in [3.8, 4) is 11.5 Å². The van der Waals surface area contributed by atoms with E-state index in [0.29, 0.717) is 22.7 Å². The highest BCUT2D eigenvalue weighted by atomic mass is 32.3. The van der Waals surface area contributed by atoms with Crippen molar-refractivity contribution in [1.29, 1.82) is 0 Å². The highest BCUT2D eigenvalue weighted by molar-refractivity contribution is 8.23. The lowest BCUT2D eigenvalue weighted by Crippen LogP contribution is -2.28. The molecule has 0 bridgehead atoms. The Labute approximate surface area is 150 Å². The van der Waals surface area contributed by atoms with Crippen molar-refractivity contribution in [2.24, 2.45) is 15.3 Å². The van der Waals surface area contributed by atoms with E-state index >= 15 is 0 Å². The number of fused-ring (bicyclic) bond motifs is 1. The maximum atomic E-state index is 12.7. The second-order valence-corrected chi connectivity index (χ2v) is 7.05. The fraction of sp³-hybridized carbons (Fsp3) is 0.125. The molecule has 0 aliphatic carbocycles. The van der Waals surface area contributed by atoms with Crippen LogP contribution in [-0.4, -0.2) is 39.7 Å². The molecule has 0 unspecified atom stereocenters. The van der Waals surface area contributed by atoms with Gasteiger partial charge in [-0.15, -0.1) is 4.40 Å². The average Bonchev–Trinajstić information content (AvgIpc) is 2.64. The van der Waals surface area contributed by atoms with Gasteiger partial charge in [0.1, 0.15) is 29.4 Å². The number of halogens is 1. The molecule has 0 saturated heterocycles. The molecular weight excluding hydrogens is 363 g/mol. The fourth-order valence-corrected chi connectivity index (χ4v) is 3.54. The summed E-state index contributed by atoms with van der Waals surface area (Å²) in [6.07, 6.45) is 1.22. The van der Waals surface area contributed by atoms with Crippen molar-refractivity contribution in [1.82, 2.24) is 0 Å². The standard InChI is InChI=1S/C16H17FN4O4S/c17-6-7-21-10-19-26(23,24)15-9-13(4-5-14(15)21)25-12-3-1-2-11(8-12)16(18)20-22/h1-5,8-10,22-24H,6-7H2,(H2,18,20). The lowest BCUT2D eigenvalue weighted by atomic mass is 10.2. The Hall–Kier alpha value is -2.82. The first-order valence-corrected chi connectivity index (χ1v) is 9.01. The van der Waals surface area contributed by atoms with Gasteiger partial charge in [0.25, 0.3) is 0 Å². The van der Waals surface area contributed by atoms with Crippen LogP contribution in [0.3, 0.4) is 0 Å². The predicted molar refractivity (Wildman–Crippen MR) is 98.4 cm³/mol. The normalized spacial score (nSPS) is 16.9. The van der Waals surface area contributed by atoms with E-state index in [1.54, 1.807) is 36.4 Å². The lowest BCUT2D eigenvalue weighted by molar-refractivity contribution is 0.318. The molecule has 1 aliphatic rings. The van der Waals surface area contributed by atoms with Gasteiger partial charge in [0, 0.05) is 11.6 Å². The van der Waals surface area contributed by atoms with Gasteiger partial charge < -0.3 is 20.6 Å². The molecule has 8 nitrogen and oxygen atoms in total. The van der Waals surface area contributed by atoms with Gasteiger partial charge in [-0.05, 0) is 24.3 Å². The fourth-order valence-electron chi connectivity index (χ4n) is 2.44. The number of oxime groups is 1. The summed E-state index contributed by atoms with van der Waals surface area (Å²) < 4.78 is 42.4. The summed E-state index contributed by atoms with van der Waals surface area (Å²) in [5, 5.41) is 11.7. The number of hydrogen-bond acceptors (Lipinski definition) is 7. The van der Waals surface area contributed by atoms with Gasteiger partial charge in [-0.2, -0.15) is 0 Å². The monoisotopic (exact) mass is 380 g/mol. The van der Waals surface area contributed by atoms with E-state index in [0.717, 1.165) is 0 Å². The van der Waals surface area contributed by atoms with Gasteiger partial charge in [-0.1, -0.05) is 28.1 Å². The van der Waals surface area contributed by atoms with Crippen LogP contribution in [0.1, 0.15) is 5.56 Å². The molecule has 0 radical (unpaired) electrons. The van der Waals surface area contributed by atoms with Crippen molar-refractivity contribution in [2.45, 2.75) is 4.90 Å². The third-order valence-corrected chi connectivity index (χ3v) is 4.97. The predicted octanol–water partition coefficient (Wildman–Crippen LogP) is 3.42. The van der Waals surface area contributed by atoms with Gasteiger partial charge in [-0.25, -0.2) is 4.39 Å². The molecule has 5 N–H and O–H groups in total. The Morgan fingerprint density at radius 1 is 1.23 bits per heavy atom. The summed E-state index contributed by atoms with van der Waals surface area (Å²) in [4.78, 5) is 1.65. The molecule has 10 heteroatoms. The van der Waals surface area contributed by atoms with Crippen molar-refractivity contribution in [3.63, 3.8) is 0 Å². The molecule has 0 amide bonds. The van der Waals surface area contributed by atoms with E-state index in [9.17, 15) is 13.5 Å². The molecule has 3 rings (SSSR count). The van der Waals surface area contributed by atoms with Crippen LogP contribution in [0.5, 0.6) is 11.5 Å². The molecule has 2 aromatic carbocycles. The minimum absolute atomic E-state index is 0.0496. The number of nitrogens with two attached hydrogens (primary N) is 1. The zero-order valence-electron chi connectivity index (χ0n) is 13.5. The summed E-state index contributed by atoms with van der Waals surface area (Å²) >= 11 is 0. The quantitative estimate of drug-likeness (QED) is 0.273. The van der Waals surface area contributed by atoms with E-state index in [1.807, 2.05) is 0 Å². The smallest absolute Gasteiger partial charge is 0.170 e. The zero-order chi connectivity index (χ0) is 18.7. The Kier molecular flexibility index (Phi) is 4.98. The first kappa shape index (κ1) is 18.0. The lowest BCUT2D eigenvalue weighted by Gasteiger charge is -2.36. The minimum atomic E-state index is -3.38. The molecule has 0 spiro atoms. The van der Waals surface area contributed by atoms with Crippen molar-refractivity contribution in [3.05, 3.63) is 48.0 Å². The number of alkyl halides is 1. The Bertz CT molecular complexity index is 875. The summed E-state index contributed by atoms with van der Waals surface area (Å²) in [6, 6.07) is 11.2. The van der Waals surface area contributed by atoms with E-state index in [1.165, 1.54) is 17.3 Å². The van der Waals surface area contributed by atoms with Crippen molar-refractivity contribution < 1.29 is 23.4 Å². The molecule has 0 fully saturated rings. The van der Waals surface area contributed by atoms with Crippen LogP contribution in [0.15, 0.2) is 56.9 Å². The first-order valence-electron chi connectivity index (χ1n) is 7.51. The Morgan fingerprint density at radius 3 is 2.73 bits per heavy atom. The molecule has 0 saturated carbocycles. The summed E-state index contributed by atoms with van der Waals surface area (Å²) in [6.45, 7) is -0.558. The first-order chi connectivity index (χ1) is 12.4. The third-order valence-electron chi connectivity index (χ3n) is 3.67. The van der Waals surface area contributed by atoms with Crippen LogP contribution in [0.2, 0.25) is 0 Å². The third kappa shape index (κ3) is 3.57. The molecule has 1 heterocycles. The molecule has 2 aromatic rings. The van der Waals surface area contributed by atoms with Crippen LogP contribution >= 0.6 is 10.8 Å². The van der Waals surface area contributed by atoms with E-state index < -0.39 is 17.5 Å². The van der Waals surface area contributed by atoms with Crippen molar-refractivity contribution in [2.75, 3.05) is 18.1 Å². The van der Waals surface area contributed by atoms with Gasteiger partial charge >= 0.3 is 0 Å². The molecule has 26 heavy (non-hydrogen) atoms. The summed E-state index contributed by atoms with van der Waals surface area (Å²) in [7, 11) is -3.38. The number of ether oxygens (including phenoxy) is 1. The SMILES string of the molecule is NC(=NO)c1cccc(Oc2ccc3c(c2)S(O)(O)N=CN3CCF)c1. The van der Waals surface area contributed by atoms with Gasteiger partial charge in [0.05, 0.1) is 12.2 Å². The number of benzene rings is 2. The minimum Gasteiger partial charge on any atom is -0.457 e. The van der Waals surface area contributed by atoms with Crippen LogP contribution in [0.4, 0.5) is 10.1 Å². The van der Waals surface area contributed by atoms with Crippen molar-refractivity contribution >= 4 is 28.6 Å². The van der Waals surface area contributed by atoms with Crippen LogP contribution < -0.4 is 15.4 Å². The van der Waals surface area contributed by atoms with Gasteiger partial charge in [0.15, 0.2) is 5.84 Å². The van der Waals surface area contributed by atoms with Gasteiger partial charge in [-0.3, -0.25) is 9.11 Å². The number of anilines is 1. The summed E-state index contributed by atoms with van der Waals surface area (Å²) in [5.41, 5.74) is 6.47. The largest absolute Gasteiger partial charge is 0.457 e. The molecule has 1 aliphatic heterocycles. The van der Waals surface area contributed by atoms with Crippen LogP contribution in [0.25, 0.3) is 0 Å². The highest BCUT2D eigenvalue weighted by Gasteiger charge is 2.26. The summed E-state index contributed by atoms with van der Waals surface area (Å²) in [5.74, 6) is 0.675.